The Bertz CT molecular complexity index is 129. The van der Waals surface area contributed by atoms with Crippen LogP contribution < -0.4 is 5.73 Å². The molecule has 2 nitrogen and oxygen atoms in total. The maximum Gasteiger partial charge on any atom is 0.0655 e. The van der Waals surface area contributed by atoms with E-state index in [1.54, 1.807) is 0 Å². The first-order valence-corrected chi connectivity index (χ1v) is 4.96. The minimum atomic E-state index is 0.322. The van der Waals surface area contributed by atoms with E-state index >= 15 is 0 Å². The van der Waals surface area contributed by atoms with E-state index in [9.17, 15) is 0 Å². The van der Waals surface area contributed by atoms with Crippen molar-refractivity contribution in [3.05, 3.63) is 0 Å². The lowest BCUT2D eigenvalue weighted by atomic mass is 9.83. The van der Waals surface area contributed by atoms with Gasteiger partial charge in [0, 0.05) is 5.92 Å². The van der Waals surface area contributed by atoms with E-state index in [-0.39, 0.29) is 0 Å². The second-order valence-corrected chi connectivity index (χ2v) is 3.08. The molecular formula is C10H20N2. The Morgan fingerprint density at radius 2 is 1.75 bits per heavy atom. The van der Waals surface area contributed by atoms with Gasteiger partial charge in [0.25, 0.3) is 0 Å². The van der Waals surface area contributed by atoms with Gasteiger partial charge in [-0.3, -0.25) is 0 Å². The summed E-state index contributed by atoms with van der Waals surface area (Å²) in [7, 11) is 0. The third-order valence-corrected chi connectivity index (χ3v) is 2.36. The molecule has 12 heavy (non-hydrogen) atoms. The molecule has 1 fully saturated rings. The molecule has 0 aliphatic heterocycles. The van der Waals surface area contributed by atoms with Crippen LogP contribution >= 0.6 is 0 Å². The standard InChI is InChI=1S/C8H14N2.C2H6/c9-5-7-1-2-8(6-10)4-3-7;1-2/h7-8H,1-5,9H2;1-2H3. The summed E-state index contributed by atoms with van der Waals surface area (Å²) < 4.78 is 0. The summed E-state index contributed by atoms with van der Waals surface area (Å²) in [4.78, 5) is 0. The first kappa shape index (κ1) is 11.4. The Morgan fingerprint density at radius 1 is 1.25 bits per heavy atom. The fraction of sp³-hybridized carbons (Fsp3) is 0.900. The molecule has 1 rings (SSSR count). The van der Waals surface area contributed by atoms with Gasteiger partial charge in [-0.05, 0) is 38.1 Å². The highest BCUT2D eigenvalue weighted by atomic mass is 14.5. The highest BCUT2D eigenvalue weighted by Crippen LogP contribution is 2.27. The molecule has 0 aromatic heterocycles. The maximum atomic E-state index is 8.57. The molecular weight excluding hydrogens is 148 g/mol. The molecule has 2 N–H and O–H groups in total. The molecule has 0 spiro atoms. The number of nitrogens with two attached hydrogens (primary N) is 1. The van der Waals surface area contributed by atoms with Gasteiger partial charge >= 0.3 is 0 Å². The molecule has 0 aromatic rings. The Morgan fingerprint density at radius 3 is 2.08 bits per heavy atom. The van der Waals surface area contributed by atoms with Crippen LogP contribution in [0.1, 0.15) is 39.5 Å². The summed E-state index contributed by atoms with van der Waals surface area (Å²) >= 11 is 0. The smallest absolute Gasteiger partial charge is 0.0655 e. The second-order valence-electron chi connectivity index (χ2n) is 3.08. The van der Waals surface area contributed by atoms with Crippen molar-refractivity contribution in [3.8, 4) is 6.07 Å². The molecule has 0 bridgehead atoms. The molecule has 1 aliphatic carbocycles. The zero-order valence-electron chi connectivity index (χ0n) is 8.21. The van der Waals surface area contributed by atoms with Crippen molar-refractivity contribution in [2.75, 3.05) is 6.54 Å². The molecule has 0 amide bonds. The Labute approximate surface area is 75.8 Å². The van der Waals surface area contributed by atoms with E-state index in [0.29, 0.717) is 11.8 Å². The zero-order valence-corrected chi connectivity index (χ0v) is 8.21. The summed E-state index contributed by atoms with van der Waals surface area (Å²) in [5.41, 5.74) is 5.51. The monoisotopic (exact) mass is 168 g/mol. The fourth-order valence-corrected chi connectivity index (χ4v) is 1.53. The largest absolute Gasteiger partial charge is 0.330 e. The van der Waals surface area contributed by atoms with E-state index in [1.165, 1.54) is 0 Å². The molecule has 1 aliphatic rings. The average Bonchev–Trinajstić information content (AvgIpc) is 2.21. The van der Waals surface area contributed by atoms with Crippen molar-refractivity contribution in [1.29, 1.82) is 5.26 Å². The van der Waals surface area contributed by atoms with Crippen molar-refractivity contribution in [1.82, 2.24) is 0 Å². The summed E-state index contributed by atoms with van der Waals surface area (Å²) in [6.07, 6.45) is 4.46. The third-order valence-electron chi connectivity index (χ3n) is 2.36. The van der Waals surface area contributed by atoms with Gasteiger partial charge in [0.2, 0.25) is 0 Å². The van der Waals surface area contributed by atoms with Gasteiger partial charge in [-0.2, -0.15) is 5.26 Å². The zero-order chi connectivity index (χ0) is 9.40. The first-order chi connectivity index (χ1) is 5.86. The van der Waals surface area contributed by atoms with Crippen LogP contribution in [0.3, 0.4) is 0 Å². The molecule has 70 valence electrons. The quantitative estimate of drug-likeness (QED) is 0.653. The Balaban J connectivity index is 0.000000561. The maximum absolute atomic E-state index is 8.57. The lowest BCUT2D eigenvalue weighted by molar-refractivity contribution is 0.321. The van der Waals surface area contributed by atoms with Gasteiger partial charge in [-0.15, -0.1) is 0 Å². The highest BCUT2D eigenvalue weighted by molar-refractivity contribution is 4.86. The van der Waals surface area contributed by atoms with Gasteiger partial charge in [-0.25, -0.2) is 0 Å². The van der Waals surface area contributed by atoms with Gasteiger partial charge < -0.3 is 5.73 Å². The van der Waals surface area contributed by atoms with Gasteiger partial charge in [0.05, 0.1) is 6.07 Å². The van der Waals surface area contributed by atoms with Crippen molar-refractivity contribution < 1.29 is 0 Å². The van der Waals surface area contributed by atoms with Gasteiger partial charge in [0.1, 0.15) is 0 Å². The molecule has 0 saturated heterocycles. The molecule has 1 saturated carbocycles. The predicted molar refractivity (Wildman–Crippen MR) is 51.5 cm³/mol. The average molecular weight is 168 g/mol. The van der Waals surface area contributed by atoms with Crippen LogP contribution in [0.4, 0.5) is 0 Å². The number of rotatable bonds is 1. The second kappa shape index (κ2) is 7.12. The SMILES string of the molecule is CC.N#CC1CCC(CN)CC1. The third kappa shape index (κ3) is 3.73. The van der Waals surface area contributed by atoms with Crippen LogP contribution in [0.2, 0.25) is 0 Å². The van der Waals surface area contributed by atoms with Crippen molar-refractivity contribution in [2.45, 2.75) is 39.5 Å². The Hall–Kier alpha value is -0.550. The highest BCUT2D eigenvalue weighted by Gasteiger charge is 2.18. The van der Waals surface area contributed by atoms with E-state index in [2.05, 4.69) is 6.07 Å². The lowest BCUT2D eigenvalue weighted by Gasteiger charge is -2.22. The topological polar surface area (TPSA) is 49.8 Å². The first-order valence-electron chi connectivity index (χ1n) is 4.96. The minimum absolute atomic E-state index is 0.322. The van der Waals surface area contributed by atoms with E-state index in [4.69, 9.17) is 11.0 Å². The summed E-state index contributed by atoms with van der Waals surface area (Å²) in [5.74, 6) is 1.02. The minimum Gasteiger partial charge on any atom is -0.330 e. The summed E-state index contributed by atoms with van der Waals surface area (Å²) in [6.45, 7) is 4.80. The Kier molecular flexibility index (Phi) is 6.79. The molecule has 0 radical (unpaired) electrons. The molecule has 0 aromatic carbocycles. The molecule has 0 atom stereocenters. The molecule has 0 unspecified atom stereocenters. The van der Waals surface area contributed by atoms with Crippen molar-refractivity contribution in [2.24, 2.45) is 17.6 Å². The fourth-order valence-electron chi connectivity index (χ4n) is 1.53. The van der Waals surface area contributed by atoms with E-state index < -0.39 is 0 Å². The summed E-state index contributed by atoms with van der Waals surface area (Å²) in [6, 6.07) is 2.31. The lowest BCUT2D eigenvalue weighted by Crippen LogP contribution is -2.20. The number of nitriles is 1. The van der Waals surface area contributed by atoms with Crippen molar-refractivity contribution >= 4 is 0 Å². The normalized spacial score (nSPS) is 28.2. The van der Waals surface area contributed by atoms with Crippen LogP contribution in [-0.2, 0) is 0 Å². The van der Waals surface area contributed by atoms with E-state index in [1.807, 2.05) is 13.8 Å². The van der Waals surface area contributed by atoms with E-state index in [0.717, 1.165) is 32.2 Å². The number of nitrogens with zero attached hydrogens (tertiary/aromatic N) is 1. The molecule has 0 heterocycles. The van der Waals surface area contributed by atoms with Crippen LogP contribution in [0.5, 0.6) is 0 Å². The van der Waals surface area contributed by atoms with Crippen LogP contribution in [0, 0.1) is 23.2 Å². The summed E-state index contributed by atoms with van der Waals surface area (Å²) in [5, 5.41) is 8.57. The van der Waals surface area contributed by atoms with Crippen molar-refractivity contribution in [3.63, 3.8) is 0 Å². The number of hydrogen-bond donors (Lipinski definition) is 1. The van der Waals surface area contributed by atoms with Crippen LogP contribution in [0.15, 0.2) is 0 Å². The predicted octanol–water partition coefficient (Wildman–Crippen LogP) is 2.30. The van der Waals surface area contributed by atoms with Crippen LogP contribution in [0.25, 0.3) is 0 Å². The van der Waals surface area contributed by atoms with Gasteiger partial charge in [-0.1, -0.05) is 13.8 Å². The molecule has 2 heteroatoms. The van der Waals surface area contributed by atoms with Crippen LogP contribution in [-0.4, -0.2) is 6.54 Å². The van der Waals surface area contributed by atoms with Gasteiger partial charge in [0.15, 0.2) is 0 Å². The number of hydrogen-bond acceptors (Lipinski definition) is 2.